The average molecular weight is 1470 g/mol. The van der Waals surface area contributed by atoms with E-state index in [0.29, 0.717) is 41.8 Å². The average Bonchev–Trinajstić information content (AvgIpc) is 1.62. The van der Waals surface area contributed by atoms with E-state index in [-0.39, 0.29) is 49.3 Å². The number of rotatable bonds is 17. The van der Waals surface area contributed by atoms with Crippen molar-refractivity contribution in [1.29, 1.82) is 0 Å². The van der Waals surface area contributed by atoms with Crippen molar-refractivity contribution in [3.05, 3.63) is 256 Å². The molecule has 10 heterocycles. The molecule has 4 amide bonds. The molecule has 1 saturated carbocycles. The number of carbonyl (C=O) groups excluding carboxylic acids is 4. The van der Waals surface area contributed by atoms with Gasteiger partial charge in [0.15, 0.2) is 0 Å². The van der Waals surface area contributed by atoms with Gasteiger partial charge in [-0.2, -0.15) is 0 Å². The number of fused-ring (bicyclic) bond motifs is 3. The lowest BCUT2D eigenvalue weighted by atomic mass is 9.89. The molecule has 1 aliphatic carbocycles. The number of aromatic nitrogens is 11. The summed E-state index contributed by atoms with van der Waals surface area (Å²) in [7, 11) is 0. The van der Waals surface area contributed by atoms with Gasteiger partial charge in [0.05, 0.1) is 51.6 Å². The molecule has 21 nitrogen and oxygen atoms in total. The minimum Gasteiger partial charge on any atom is -0.445 e. The molecule has 2 saturated heterocycles. The van der Waals surface area contributed by atoms with Crippen molar-refractivity contribution in [2.24, 2.45) is 0 Å². The van der Waals surface area contributed by atoms with Crippen molar-refractivity contribution < 1.29 is 28.7 Å². The van der Waals surface area contributed by atoms with Gasteiger partial charge in [0.2, 0.25) is 0 Å². The quantitative estimate of drug-likeness (QED) is 0.0863. The minimum atomic E-state index is -0.340. The van der Waals surface area contributed by atoms with E-state index < -0.39 is 0 Å². The number of pyridine rings is 2. The Kier molecular flexibility index (Phi) is 23.5. The maximum Gasteiger partial charge on any atom is 0.410 e. The van der Waals surface area contributed by atoms with Crippen LogP contribution in [-0.2, 0) is 35.5 Å². The predicted molar refractivity (Wildman–Crippen MR) is 410 cm³/mol. The van der Waals surface area contributed by atoms with Crippen LogP contribution in [0.3, 0.4) is 0 Å². The number of aryl methyl sites for hydroxylation is 5. The van der Waals surface area contributed by atoms with Crippen molar-refractivity contribution in [2.75, 3.05) is 23.7 Å². The standard InChI is InChI=1S/C35H36N6O3.C28H31N5O.C20H21BrN4O2/c1-3-9-25-17-18-37-30(22-25)38-34(42)28-15-13-27(14-16-28)31-32-24(2)36-19-21-41(32)33(39-31)29-12-7-8-20-40(29)35(43)44-23-26-10-5-4-6-11-26;1-3-7-20-14-15-30-24(18-20)31-28(34)23-12-10-21(11-13-23)25-26-19(2)29-16-17-33(26)27(32-25)22-8-5-4-6-9-22;1-14-17-18(21)23-19(25(17)12-10-22-14)16-9-5-6-11-24(16)20(26)27-13-15-7-3-2-4-8-15/h4-6,10-11,13-19,21-22,29H,3,7-9,12,20,23H2,1-2H3,(H,37,38,42);10-18,22H,3-9H2,1-2H3,(H,30,31,34);2-4,7-8,10,12,16H,5-6,9,11,13H2,1H3/t29-;;16-/m0.0/s1. The van der Waals surface area contributed by atoms with Crippen molar-refractivity contribution in [3.8, 4) is 22.5 Å². The number of hydrogen-bond donors (Lipinski definition) is 2. The second-order valence-corrected chi connectivity index (χ2v) is 27.8. The number of nitrogens with zero attached hydrogens (tertiary/aromatic N) is 13. The molecule has 538 valence electrons. The summed E-state index contributed by atoms with van der Waals surface area (Å²) in [6.45, 7) is 12.0. The molecule has 3 fully saturated rings. The Balaban J connectivity index is 0.000000144. The van der Waals surface area contributed by atoms with Gasteiger partial charge in [0.1, 0.15) is 52.4 Å². The zero-order valence-corrected chi connectivity index (χ0v) is 61.7. The Bertz CT molecular complexity index is 5000. The molecule has 2 atom stereocenters. The molecule has 105 heavy (non-hydrogen) atoms. The van der Waals surface area contributed by atoms with E-state index in [1.807, 2.05) is 181 Å². The van der Waals surface area contributed by atoms with Crippen LogP contribution in [0.4, 0.5) is 21.2 Å². The zero-order valence-electron chi connectivity index (χ0n) is 60.1. The molecular weight excluding hydrogens is 1380 g/mol. The highest BCUT2D eigenvalue weighted by Crippen LogP contribution is 2.39. The lowest BCUT2D eigenvalue weighted by Crippen LogP contribution is -2.39. The Morgan fingerprint density at radius 2 is 0.857 bits per heavy atom. The van der Waals surface area contributed by atoms with Crippen LogP contribution < -0.4 is 10.6 Å². The van der Waals surface area contributed by atoms with Crippen LogP contribution >= 0.6 is 15.9 Å². The number of likely N-dealkylation sites (tertiary alicyclic amines) is 2. The Morgan fingerprint density at radius 1 is 0.448 bits per heavy atom. The number of piperidine rings is 2. The molecule has 8 aromatic heterocycles. The first kappa shape index (κ1) is 72.4. The summed E-state index contributed by atoms with van der Waals surface area (Å²) in [4.78, 5) is 92.6. The third-order valence-corrected chi connectivity index (χ3v) is 20.3. The van der Waals surface area contributed by atoms with Crippen LogP contribution in [0.5, 0.6) is 0 Å². The first-order valence-corrected chi connectivity index (χ1v) is 37.4. The molecule has 22 heteroatoms. The molecule has 3 aliphatic rings. The summed E-state index contributed by atoms with van der Waals surface area (Å²) in [6.07, 6.45) is 29.8. The number of amides is 4. The van der Waals surface area contributed by atoms with Gasteiger partial charge in [-0.1, -0.05) is 131 Å². The number of ether oxygens (including phenoxy) is 2. The normalized spacial score (nSPS) is 15.3. The third-order valence-electron chi connectivity index (χ3n) is 19.8. The lowest BCUT2D eigenvalue weighted by Gasteiger charge is -2.34. The van der Waals surface area contributed by atoms with E-state index >= 15 is 0 Å². The van der Waals surface area contributed by atoms with Crippen LogP contribution in [0, 0.1) is 20.8 Å². The van der Waals surface area contributed by atoms with Gasteiger partial charge in [-0.15, -0.1) is 0 Å². The van der Waals surface area contributed by atoms with Crippen LogP contribution in [0.25, 0.3) is 39.1 Å². The molecule has 0 spiro atoms. The summed E-state index contributed by atoms with van der Waals surface area (Å²) in [5.41, 5.74) is 14.5. The Morgan fingerprint density at radius 3 is 1.31 bits per heavy atom. The van der Waals surface area contributed by atoms with Crippen molar-refractivity contribution in [3.63, 3.8) is 0 Å². The maximum atomic E-state index is 13.3. The van der Waals surface area contributed by atoms with Gasteiger partial charge in [0.25, 0.3) is 11.8 Å². The second-order valence-electron chi connectivity index (χ2n) is 27.1. The van der Waals surface area contributed by atoms with Gasteiger partial charge < -0.3 is 20.1 Å². The highest BCUT2D eigenvalue weighted by atomic mass is 79.9. The summed E-state index contributed by atoms with van der Waals surface area (Å²) in [5.74, 6) is 3.97. The van der Waals surface area contributed by atoms with Crippen LogP contribution in [-0.4, -0.2) is 100.0 Å². The first-order chi connectivity index (χ1) is 51.3. The topological polar surface area (TPSA) is 234 Å². The Hall–Kier alpha value is -11.0. The monoisotopic (exact) mass is 1470 g/mol. The molecule has 4 aromatic carbocycles. The molecule has 0 radical (unpaired) electrons. The third kappa shape index (κ3) is 17.0. The summed E-state index contributed by atoms with van der Waals surface area (Å²) in [6, 6.07) is 42.0. The number of halogens is 1. The summed E-state index contributed by atoms with van der Waals surface area (Å²) in [5, 5.41) is 5.83. The van der Waals surface area contributed by atoms with E-state index in [1.165, 1.54) is 37.7 Å². The number of anilines is 2. The van der Waals surface area contributed by atoms with Crippen molar-refractivity contribution in [1.82, 2.24) is 62.9 Å². The highest BCUT2D eigenvalue weighted by Gasteiger charge is 2.35. The van der Waals surface area contributed by atoms with Gasteiger partial charge >= 0.3 is 12.2 Å². The molecule has 0 unspecified atom stereocenters. The SMILES string of the molecule is CCCc1ccnc(NC(=O)c2ccc(-c3nc(C4CCCCC4)n4ccnc(C)c34)cc2)c1.CCCc1ccnc(NC(=O)c2ccc(-c3nc([C@@H]4CCCCN4C(=O)OCc4ccccc4)n4ccnc(C)c34)cc2)c1.Cc1nccn2c([C@@H]3CCCCN3C(=O)OCc3ccccc3)nc(Br)c12. The van der Waals surface area contributed by atoms with Gasteiger partial charge in [-0.25, -0.2) is 34.5 Å². The fraction of sp³-hybridized carbons (Fsp3) is 0.325. The number of hydrogen-bond acceptors (Lipinski definition) is 14. The smallest absolute Gasteiger partial charge is 0.410 e. The van der Waals surface area contributed by atoms with Gasteiger partial charge in [-0.3, -0.25) is 47.5 Å². The second kappa shape index (κ2) is 34.1. The number of nitrogens with one attached hydrogen (secondary N) is 2. The van der Waals surface area contributed by atoms with E-state index in [0.717, 1.165) is 159 Å². The maximum absolute atomic E-state index is 13.3. The van der Waals surface area contributed by atoms with Crippen molar-refractivity contribution in [2.45, 2.75) is 162 Å². The minimum absolute atomic E-state index is 0.109. The number of benzene rings is 4. The highest BCUT2D eigenvalue weighted by molar-refractivity contribution is 9.10. The molecule has 12 aromatic rings. The van der Waals surface area contributed by atoms with Gasteiger partial charge in [0, 0.05) is 90.8 Å². The zero-order chi connectivity index (χ0) is 72.8. The van der Waals surface area contributed by atoms with Crippen LogP contribution in [0.1, 0.15) is 193 Å². The van der Waals surface area contributed by atoms with Crippen LogP contribution in [0.15, 0.2) is 188 Å². The van der Waals surface area contributed by atoms with E-state index in [1.54, 1.807) is 41.8 Å². The van der Waals surface area contributed by atoms with E-state index in [9.17, 15) is 19.2 Å². The molecule has 2 N–H and O–H groups in total. The van der Waals surface area contributed by atoms with E-state index in [2.05, 4.69) is 69.7 Å². The fourth-order valence-corrected chi connectivity index (χ4v) is 15.1. The lowest BCUT2D eigenvalue weighted by molar-refractivity contribution is 0.0651. The first-order valence-electron chi connectivity index (χ1n) is 36.6. The molecule has 2 aliphatic heterocycles. The largest absolute Gasteiger partial charge is 0.445 e. The van der Waals surface area contributed by atoms with E-state index in [4.69, 9.17) is 24.4 Å². The fourth-order valence-electron chi connectivity index (χ4n) is 14.5. The van der Waals surface area contributed by atoms with Gasteiger partial charge in [-0.05, 0) is 172 Å². The summed E-state index contributed by atoms with van der Waals surface area (Å²) < 4.78 is 18.4. The molecule has 0 bridgehead atoms. The molecule has 15 rings (SSSR count). The number of carbonyl (C=O) groups is 4. The number of imidazole rings is 3. The molecular formula is C83H88BrN15O6. The van der Waals surface area contributed by atoms with Crippen LogP contribution in [0.2, 0.25) is 0 Å². The predicted octanol–water partition coefficient (Wildman–Crippen LogP) is 18.2. The van der Waals surface area contributed by atoms with Crippen molar-refractivity contribution >= 4 is 68.1 Å². The Labute approximate surface area is 620 Å². The summed E-state index contributed by atoms with van der Waals surface area (Å²) >= 11 is 3.55.